The molecule has 0 saturated heterocycles. The van der Waals surface area contributed by atoms with Crippen LogP contribution < -0.4 is 10.6 Å². The third kappa shape index (κ3) is 7.77. The first-order valence-electron chi connectivity index (χ1n) is 9.10. The SMILES string of the molecule is CC(C)C(NC(=O)OC(C)(C)C)C(=O)NCC(c1ccccc1Cl)N(C)C. The fourth-order valence-electron chi connectivity index (χ4n) is 2.59. The van der Waals surface area contributed by atoms with Gasteiger partial charge in [0.1, 0.15) is 11.6 Å². The van der Waals surface area contributed by atoms with Gasteiger partial charge in [-0.15, -0.1) is 0 Å². The molecule has 0 fully saturated rings. The zero-order valence-corrected chi connectivity index (χ0v) is 18.1. The number of likely N-dealkylation sites (N-methyl/N-ethyl adjacent to an activating group) is 1. The van der Waals surface area contributed by atoms with Crippen molar-refractivity contribution >= 4 is 23.6 Å². The summed E-state index contributed by atoms with van der Waals surface area (Å²) in [6.07, 6.45) is -0.605. The van der Waals surface area contributed by atoms with Gasteiger partial charge in [-0.05, 0) is 52.4 Å². The molecule has 0 saturated carbocycles. The molecule has 1 rings (SSSR count). The molecular formula is C20H32ClN3O3. The first-order valence-corrected chi connectivity index (χ1v) is 9.48. The molecular weight excluding hydrogens is 366 g/mol. The largest absolute Gasteiger partial charge is 0.444 e. The van der Waals surface area contributed by atoms with E-state index in [1.807, 2.05) is 57.1 Å². The second-order valence-electron chi connectivity index (χ2n) is 8.11. The molecule has 2 atom stereocenters. The van der Waals surface area contributed by atoms with E-state index in [0.29, 0.717) is 11.6 Å². The number of nitrogens with zero attached hydrogens (tertiary/aromatic N) is 1. The van der Waals surface area contributed by atoms with E-state index in [2.05, 4.69) is 10.6 Å². The lowest BCUT2D eigenvalue weighted by molar-refractivity contribution is -0.124. The highest BCUT2D eigenvalue weighted by molar-refractivity contribution is 6.31. The third-order valence-corrected chi connectivity index (χ3v) is 4.32. The Morgan fingerprint density at radius 1 is 1.19 bits per heavy atom. The summed E-state index contributed by atoms with van der Waals surface area (Å²) >= 11 is 6.31. The van der Waals surface area contributed by atoms with Crippen molar-refractivity contribution < 1.29 is 14.3 Å². The van der Waals surface area contributed by atoms with Gasteiger partial charge in [-0.25, -0.2) is 4.79 Å². The highest BCUT2D eigenvalue weighted by atomic mass is 35.5. The number of alkyl carbamates (subject to hydrolysis) is 1. The van der Waals surface area contributed by atoms with Gasteiger partial charge in [-0.2, -0.15) is 0 Å². The predicted molar refractivity (Wildman–Crippen MR) is 109 cm³/mol. The lowest BCUT2D eigenvalue weighted by Gasteiger charge is -2.28. The van der Waals surface area contributed by atoms with Crippen molar-refractivity contribution in [3.63, 3.8) is 0 Å². The Labute approximate surface area is 167 Å². The lowest BCUT2D eigenvalue weighted by atomic mass is 10.0. The van der Waals surface area contributed by atoms with Crippen molar-refractivity contribution in [2.45, 2.75) is 52.3 Å². The smallest absolute Gasteiger partial charge is 0.408 e. The summed E-state index contributed by atoms with van der Waals surface area (Å²) in [6, 6.07) is 6.79. The second-order valence-corrected chi connectivity index (χ2v) is 8.52. The van der Waals surface area contributed by atoms with Crippen molar-refractivity contribution in [3.8, 4) is 0 Å². The molecule has 0 spiro atoms. The molecule has 2 N–H and O–H groups in total. The van der Waals surface area contributed by atoms with E-state index in [0.717, 1.165) is 5.56 Å². The van der Waals surface area contributed by atoms with Gasteiger partial charge < -0.3 is 20.3 Å². The van der Waals surface area contributed by atoms with Gasteiger partial charge in [0.25, 0.3) is 0 Å². The number of ether oxygens (including phenoxy) is 1. The standard InChI is InChI=1S/C20H32ClN3O3/c1-13(2)17(23-19(26)27-20(3,4)5)18(25)22-12-16(24(6)7)14-10-8-9-11-15(14)21/h8-11,13,16-17H,12H2,1-7H3,(H,22,25)(H,23,26). The Morgan fingerprint density at radius 3 is 2.26 bits per heavy atom. The molecule has 0 aliphatic carbocycles. The van der Waals surface area contributed by atoms with Crippen molar-refractivity contribution in [2.75, 3.05) is 20.6 Å². The molecule has 2 unspecified atom stereocenters. The van der Waals surface area contributed by atoms with Crippen LogP contribution in [-0.4, -0.2) is 49.2 Å². The predicted octanol–water partition coefficient (Wildman–Crippen LogP) is 3.61. The Balaban J connectivity index is 2.80. The Kier molecular flexibility index (Phi) is 8.57. The maximum Gasteiger partial charge on any atom is 0.408 e. The molecule has 1 aromatic rings. The van der Waals surface area contributed by atoms with Gasteiger partial charge in [0.2, 0.25) is 5.91 Å². The zero-order valence-electron chi connectivity index (χ0n) is 17.3. The number of hydrogen-bond donors (Lipinski definition) is 2. The number of amides is 2. The average molecular weight is 398 g/mol. The van der Waals surface area contributed by atoms with Crippen LogP contribution in [-0.2, 0) is 9.53 Å². The number of carbonyl (C=O) groups excluding carboxylic acids is 2. The van der Waals surface area contributed by atoms with Crippen molar-refractivity contribution in [3.05, 3.63) is 34.9 Å². The number of rotatable bonds is 7. The highest BCUT2D eigenvalue weighted by Crippen LogP contribution is 2.25. The summed E-state index contributed by atoms with van der Waals surface area (Å²) < 4.78 is 5.26. The van der Waals surface area contributed by atoms with Crippen LogP contribution in [0.3, 0.4) is 0 Å². The molecule has 2 amide bonds. The summed E-state index contributed by atoms with van der Waals surface area (Å²) in [7, 11) is 3.86. The van der Waals surface area contributed by atoms with Crippen molar-refractivity contribution in [1.82, 2.24) is 15.5 Å². The van der Waals surface area contributed by atoms with Crippen LogP contribution in [0.1, 0.15) is 46.2 Å². The van der Waals surface area contributed by atoms with E-state index < -0.39 is 17.7 Å². The van der Waals surface area contributed by atoms with Crippen LogP contribution in [0, 0.1) is 5.92 Å². The van der Waals surface area contributed by atoms with Gasteiger partial charge in [0.05, 0.1) is 6.04 Å². The molecule has 7 heteroatoms. The Bertz CT molecular complexity index is 642. The second kappa shape index (κ2) is 9.95. The van der Waals surface area contributed by atoms with E-state index in [1.165, 1.54) is 0 Å². The van der Waals surface area contributed by atoms with E-state index >= 15 is 0 Å². The molecule has 152 valence electrons. The fraction of sp³-hybridized carbons (Fsp3) is 0.600. The van der Waals surface area contributed by atoms with E-state index in [1.54, 1.807) is 20.8 Å². The van der Waals surface area contributed by atoms with Crippen LogP contribution in [0.2, 0.25) is 5.02 Å². The van der Waals surface area contributed by atoms with Gasteiger partial charge in [0.15, 0.2) is 0 Å². The maximum atomic E-state index is 12.7. The molecule has 1 aromatic carbocycles. The molecule has 0 aliphatic rings. The number of carbonyl (C=O) groups is 2. The maximum absolute atomic E-state index is 12.7. The summed E-state index contributed by atoms with van der Waals surface area (Å²) in [6.45, 7) is 9.46. The van der Waals surface area contributed by atoms with Gasteiger partial charge in [0, 0.05) is 11.6 Å². The quantitative estimate of drug-likeness (QED) is 0.737. The van der Waals surface area contributed by atoms with E-state index in [4.69, 9.17) is 16.3 Å². The topological polar surface area (TPSA) is 70.7 Å². The van der Waals surface area contributed by atoms with Gasteiger partial charge in [-0.1, -0.05) is 43.6 Å². The molecule has 0 aliphatic heterocycles. The van der Waals surface area contributed by atoms with E-state index in [9.17, 15) is 9.59 Å². The third-order valence-electron chi connectivity index (χ3n) is 3.98. The summed E-state index contributed by atoms with van der Waals surface area (Å²) in [4.78, 5) is 26.7. The van der Waals surface area contributed by atoms with Crippen molar-refractivity contribution in [1.29, 1.82) is 0 Å². The molecule has 6 nitrogen and oxygen atoms in total. The van der Waals surface area contributed by atoms with E-state index in [-0.39, 0.29) is 17.9 Å². The monoisotopic (exact) mass is 397 g/mol. The minimum atomic E-state index is -0.686. The summed E-state index contributed by atoms with van der Waals surface area (Å²) in [5.41, 5.74) is 0.313. The average Bonchev–Trinajstić information content (AvgIpc) is 2.52. The minimum Gasteiger partial charge on any atom is -0.444 e. The molecule has 0 aromatic heterocycles. The number of halogens is 1. The van der Waals surface area contributed by atoms with Crippen LogP contribution >= 0.6 is 11.6 Å². The fourth-order valence-corrected chi connectivity index (χ4v) is 2.85. The zero-order chi connectivity index (χ0) is 20.8. The highest BCUT2D eigenvalue weighted by Gasteiger charge is 2.28. The van der Waals surface area contributed by atoms with Crippen LogP contribution in [0.25, 0.3) is 0 Å². The first kappa shape index (κ1) is 23.2. The summed E-state index contributed by atoms with van der Waals surface area (Å²) in [5.74, 6) is -0.342. The molecule has 27 heavy (non-hydrogen) atoms. The van der Waals surface area contributed by atoms with Gasteiger partial charge in [-0.3, -0.25) is 4.79 Å². The van der Waals surface area contributed by atoms with Gasteiger partial charge >= 0.3 is 6.09 Å². The Morgan fingerprint density at radius 2 is 1.78 bits per heavy atom. The first-order chi connectivity index (χ1) is 12.4. The van der Waals surface area contributed by atoms with Crippen LogP contribution in [0.5, 0.6) is 0 Å². The van der Waals surface area contributed by atoms with Crippen molar-refractivity contribution in [2.24, 2.45) is 5.92 Å². The number of benzene rings is 1. The lowest BCUT2D eigenvalue weighted by Crippen LogP contribution is -2.51. The Hall–Kier alpha value is -1.79. The normalized spacial score (nSPS) is 14.0. The van der Waals surface area contributed by atoms with Crippen LogP contribution in [0.15, 0.2) is 24.3 Å². The number of hydrogen-bond acceptors (Lipinski definition) is 4. The minimum absolute atomic E-state index is 0.0861. The number of nitrogens with one attached hydrogen (secondary N) is 2. The molecule has 0 heterocycles. The molecule has 0 radical (unpaired) electrons. The van der Waals surface area contributed by atoms with Crippen LogP contribution in [0.4, 0.5) is 4.79 Å². The molecule has 0 bridgehead atoms. The summed E-state index contributed by atoms with van der Waals surface area (Å²) in [5, 5.41) is 6.24.